The monoisotopic (exact) mass is 578 g/mol. The molecule has 42 heavy (non-hydrogen) atoms. The number of aliphatic hydroxyl groups excluding tert-OH is 1. The molecule has 8 heteroatoms. The third-order valence-corrected chi connectivity index (χ3v) is 7.61. The zero-order valence-electron chi connectivity index (χ0n) is 24.2. The molecule has 6 nitrogen and oxygen atoms in total. The fourth-order valence-electron chi connectivity index (χ4n) is 5.51. The SMILES string of the molecule is C=CCO[C@@H]1C[C@H](NC[C@@H](O)[C@H](Cc2cc(F)cc(F)c2)NC(=O)CCCC)c2cc(-c3ccccc3OC)ccc21. The summed E-state index contributed by atoms with van der Waals surface area (Å²) in [5.41, 5.74) is 4.43. The number of carbonyl (C=O) groups excluding carboxylic acids is 1. The summed E-state index contributed by atoms with van der Waals surface area (Å²) in [5, 5.41) is 17.6. The molecule has 1 amide bonds. The van der Waals surface area contributed by atoms with Crippen LogP contribution in [0.3, 0.4) is 0 Å². The largest absolute Gasteiger partial charge is 0.496 e. The van der Waals surface area contributed by atoms with Crippen molar-refractivity contribution in [3.63, 3.8) is 0 Å². The van der Waals surface area contributed by atoms with Crippen LogP contribution in [0.25, 0.3) is 11.1 Å². The second kappa shape index (κ2) is 15.0. The average Bonchev–Trinajstić information content (AvgIpc) is 3.33. The Balaban J connectivity index is 1.55. The van der Waals surface area contributed by atoms with E-state index in [4.69, 9.17) is 9.47 Å². The molecule has 3 N–H and O–H groups in total. The molecule has 0 bridgehead atoms. The Morgan fingerprint density at radius 2 is 1.88 bits per heavy atom. The highest BCUT2D eigenvalue weighted by atomic mass is 19.1. The minimum atomic E-state index is -1.02. The van der Waals surface area contributed by atoms with E-state index in [0.717, 1.165) is 40.5 Å². The van der Waals surface area contributed by atoms with Crippen molar-refractivity contribution in [1.29, 1.82) is 0 Å². The van der Waals surface area contributed by atoms with Crippen molar-refractivity contribution >= 4 is 5.91 Å². The number of para-hydroxylation sites is 1. The lowest BCUT2D eigenvalue weighted by Crippen LogP contribution is -2.49. The van der Waals surface area contributed by atoms with Crippen LogP contribution in [0.1, 0.15) is 61.4 Å². The second-order valence-corrected chi connectivity index (χ2v) is 10.7. The topological polar surface area (TPSA) is 79.8 Å². The Labute approximate surface area is 246 Å². The summed E-state index contributed by atoms with van der Waals surface area (Å²) in [6, 6.07) is 16.4. The highest BCUT2D eigenvalue weighted by molar-refractivity contribution is 5.76. The second-order valence-electron chi connectivity index (χ2n) is 10.7. The van der Waals surface area contributed by atoms with Crippen LogP contribution < -0.4 is 15.4 Å². The first kappa shape index (κ1) is 31.3. The van der Waals surface area contributed by atoms with Gasteiger partial charge in [0, 0.05) is 30.6 Å². The summed E-state index contributed by atoms with van der Waals surface area (Å²) in [7, 11) is 1.65. The number of halogens is 2. The van der Waals surface area contributed by atoms with Crippen molar-refractivity contribution in [3.05, 3.63) is 102 Å². The van der Waals surface area contributed by atoms with E-state index in [0.29, 0.717) is 31.4 Å². The first-order valence-electron chi connectivity index (χ1n) is 14.5. The lowest BCUT2D eigenvalue weighted by atomic mass is 9.97. The van der Waals surface area contributed by atoms with E-state index in [-0.39, 0.29) is 31.0 Å². The van der Waals surface area contributed by atoms with E-state index in [1.165, 1.54) is 12.1 Å². The van der Waals surface area contributed by atoms with Crippen LogP contribution in [0.5, 0.6) is 5.75 Å². The quantitative estimate of drug-likeness (QED) is 0.187. The third kappa shape index (κ3) is 8.03. The number of aliphatic hydroxyl groups is 1. The third-order valence-electron chi connectivity index (χ3n) is 7.61. The van der Waals surface area contributed by atoms with Gasteiger partial charge in [0.15, 0.2) is 0 Å². The Morgan fingerprint density at radius 3 is 2.60 bits per heavy atom. The Bertz CT molecular complexity index is 1340. The minimum absolute atomic E-state index is 0.0830. The van der Waals surface area contributed by atoms with Gasteiger partial charge in [-0.05, 0) is 65.8 Å². The lowest BCUT2D eigenvalue weighted by molar-refractivity contribution is -0.122. The average molecular weight is 579 g/mol. The number of ether oxygens (including phenoxy) is 2. The van der Waals surface area contributed by atoms with Crippen LogP contribution in [0, 0.1) is 11.6 Å². The van der Waals surface area contributed by atoms with Crippen molar-refractivity contribution in [2.75, 3.05) is 20.3 Å². The summed E-state index contributed by atoms with van der Waals surface area (Å²) in [6.07, 6.45) is 3.15. The number of methoxy groups -OCH3 is 1. The Hall–Kier alpha value is -3.59. The van der Waals surface area contributed by atoms with Crippen molar-refractivity contribution in [2.24, 2.45) is 0 Å². The van der Waals surface area contributed by atoms with Gasteiger partial charge in [-0.25, -0.2) is 8.78 Å². The van der Waals surface area contributed by atoms with Crippen molar-refractivity contribution in [2.45, 2.75) is 63.3 Å². The number of fused-ring (bicyclic) bond motifs is 1. The maximum Gasteiger partial charge on any atom is 0.220 e. The first-order valence-corrected chi connectivity index (χ1v) is 14.5. The molecule has 4 atom stereocenters. The predicted molar refractivity (Wildman–Crippen MR) is 160 cm³/mol. The number of unbranched alkanes of at least 4 members (excludes halogenated alkanes) is 1. The van der Waals surface area contributed by atoms with E-state index in [9.17, 15) is 18.7 Å². The molecule has 0 radical (unpaired) electrons. The van der Waals surface area contributed by atoms with Gasteiger partial charge >= 0.3 is 0 Å². The first-order chi connectivity index (χ1) is 20.3. The predicted octanol–water partition coefficient (Wildman–Crippen LogP) is 6.20. The van der Waals surface area contributed by atoms with Gasteiger partial charge in [0.2, 0.25) is 5.91 Å². The van der Waals surface area contributed by atoms with E-state index in [2.05, 4.69) is 35.4 Å². The molecule has 3 aromatic carbocycles. The van der Waals surface area contributed by atoms with Crippen molar-refractivity contribution in [1.82, 2.24) is 10.6 Å². The molecule has 1 aliphatic carbocycles. The molecule has 0 saturated carbocycles. The van der Waals surface area contributed by atoms with Crippen LogP contribution in [0.2, 0.25) is 0 Å². The number of hydrogen-bond acceptors (Lipinski definition) is 5. The lowest BCUT2D eigenvalue weighted by Gasteiger charge is -2.26. The summed E-state index contributed by atoms with van der Waals surface area (Å²) in [6.45, 7) is 6.31. The zero-order chi connectivity index (χ0) is 30.1. The molecule has 224 valence electrons. The van der Waals surface area contributed by atoms with E-state index >= 15 is 0 Å². The summed E-state index contributed by atoms with van der Waals surface area (Å²) < 4.78 is 39.5. The van der Waals surface area contributed by atoms with Crippen LogP contribution in [-0.2, 0) is 16.0 Å². The molecular formula is C34H40F2N2O4. The van der Waals surface area contributed by atoms with Crippen molar-refractivity contribution in [3.8, 4) is 16.9 Å². The number of benzene rings is 3. The normalized spacial score (nSPS) is 17.4. The minimum Gasteiger partial charge on any atom is -0.496 e. The molecular weight excluding hydrogens is 538 g/mol. The molecule has 0 spiro atoms. The van der Waals surface area contributed by atoms with Crippen LogP contribution in [0.4, 0.5) is 8.78 Å². The van der Waals surface area contributed by atoms with Gasteiger partial charge in [0.1, 0.15) is 17.4 Å². The van der Waals surface area contributed by atoms with Crippen molar-refractivity contribution < 1.29 is 28.2 Å². The molecule has 0 saturated heterocycles. The standard InChI is InChI=1S/C34H40F2N2O4/c1-4-6-11-34(40)38-30(17-22-15-24(35)19-25(36)16-22)31(39)21-37-29-20-33(42-14-5-2)27-13-12-23(18-28(27)29)26-9-7-8-10-32(26)41-3/h5,7-10,12-13,15-16,18-19,29-31,33,37,39H,2,4,6,11,14,17,20-21H2,1,3H3,(H,38,40)/t29-,30-,31+,33+/m0/s1. The fourth-order valence-corrected chi connectivity index (χ4v) is 5.51. The molecule has 0 heterocycles. The van der Waals surface area contributed by atoms with Crippen LogP contribution in [0.15, 0.2) is 73.3 Å². The highest BCUT2D eigenvalue weighted by Gasteiger charge is 2.33. The zero-order valence-corrected chi connectivity index (χ0v) is 24.2. The van der Waals surface area contributed by atoms with Gasteiger partial charge in [-0.15, -0.1) is 6.58 Å². The highest BCUT2D eigenvalue weighted by Crippen LogP contribution is 2.43. The molecule has 3 aromatic rings. The van der Waals surface area contributed by atoms with Gasteiger partial charge in [0.25, 0.3) is 0 Å². The summed E-state index contributed by atoms with van der Waals surface area (Å²) >= 11 is 0. The smallest absolute Gasteiger partial charge is 0.220 e. The molecule has 0 aromatic heterocycles. The van der Waals surface area contributed by atoms with Gasteiger partial charge < -0.3 is 25.2 Å². The van der Waals surface area contributed by atoms with Crippen LogP contribution >= 0.6 is 0 Å². The van der Waals surface area contributed by atoms with Gasteiger partial charge in [-0.2, -0.15) is 0 Å². The number of nitrogens with one attached hydrogen (secondary N) is 2. The molecule has 4 rings (SSSR count). The summed E-state index contributed by atoms with van der Waals surface area (Å²) in [4.78, 5) is 12.6. The molecule has 0 aliphatic heterocycles. The Kier molecular flexibility index (Phi) is 11.2. The molecule has 0 unspecified atom stereocenters. The van der Waals surface area contributed by atoms with E-state index < -0.39 is 23.8 Å². The molecule has 0 fully saturated rings. The maximum atomic E-state index is 13.9. The number of carbonyl (C=O) groups is 1. The Morgan fingerprint density at radius 1 is 1.12 bits per heavy atom. The number of rotatable bonds is 15. The fraction of sp³-hybridized carbons (Fsp3) is 0.382. The van der Waals surface area contributed by atoms with E-state index in [1.54, 1.807) is 13.2 Å². The van der Waals surface area contributed by atoms with Gasteiger partial charge in [-0.1, -0.05) is 49.8 Å². The number of hydrogen-bond donors (Lipinski definition) is 3. The van der Waals surface area contributed by atoms with Gasteiger partial charge in [0.05, 0.1) is 32.0 Å². The van der Waals surface area contributed by atoms with E-state index in [1.807, 2.05) is 31.2 Å². The van der Waals surface area contributed by atoms with Crippen LogP contribution in [-0.4, -0.2) is 43.4 Å². The number of amides is 1. The summed E-state index contributed by atoms with van der Waals surface area (Å²) in [5.74, 6) is -0.839. The molecule has 1 aliphatic rings. The van der Waals surface area contributed by atoms with Gasteiger partial charge in [-0.3, -0.25) is 4.79 Å². The maximum absolute atomic E-state index is 13.9.